The summed E-state index contributed by atoms with van der Waals surface area (Å²) in [4.78, 5) is 55.6. The van der Waals surface area contributed by atoms with Crippen LogP contribution in [0.5, 0.6) is 11.5 Å². The molecule has 1 atom stereocenters. The fourth-order valence-electron chi connectivity index (χ4n) is 9.39. The molecule has 3 aromatic carbocycles. The van der Waals surface area contributed by atoms with Crippen molar-refractivity contribution in [2.45, 2.75) is 64.1 Å². The topological polar surface area (TPSA) is 182 Å². The van der Waals surface area contributed by atoms with Gasteiger partial charge < -0.3 is 34.8 Å². The van der Waals surface area contributed by atoms with E-state index in [2.05, 4.69) is 65.7 Å². The molecule has 1 unspecified atom stereocenters. The number of methoxy groups -OCH3 is 2. The van der Waals surface area contributed by atoms with Crippen LogP contribution in [0.25, 0.3) is 0 Å². The number of hydrogen-bond donors (Lipinski definition) is 3. The number of nitrogens with zero attached hydrogens (tertiary/aromatic N) is 7. The van der Waals surface area contributed by atoms with E-state index in [0.29, 0.717) is 53.1 Å². The fourth-order valence-corrected chi connectivity index (χ4v) is 10.1. The molecule has 4 aromatic rings. The van der Waals surface area contributed by atoms with Crippen LogP contribution in [0.2, 0.25) is 5.02 Å². The summed E-state index contributed by atoms with van der Waals surface area (Å²) in [6.45, 7) is 9.43. The lowest BCUT2D eigenvalue weighted by Gasteiger charge is -2.43. The maximum Gasteiger partial charge on any atom is 0.255 e. The molecule has 0 saturated carbocycles. The monoisotopic (exact) mass is 928 g/mol. The third kappa shape index (κ3) is 9.95. The molecule has 17 nitrogen and oxygen atoms in total. The van der Waals surface area contributed by atoms with Gasteiger partial charge in [-0.3, -0.25) is 28.9 Å². The lowest BCUT2D eigenvalue weighted by molar-refractivity contribution is -0.136. The predicted molar refractivity (Wildman–Crippen MR) is 252 cm³/mol. The number of para-hydroxylation sites is 1. The minimum absolute atomic E-state index is 0.139. The van der Waals surface area contributed by atoms with Crippen molar-refractivity contribution in [3.05, 3.63) is 82.0 Å². The number of piperidine rings is 2. The van der Waals surface area contributed by atoms with Gasteiger partial charge in [0.25, 0.3) is 5.91 Å². The number of fused-ring (bicyclic) bond motifs is 1. The number of amides is 3. The highest BCUT2D eigenvalue weighted by molar-refractivity contribution is 7.92. The van der Waals surface area contributed by atoms with Gasteiger partial charge in [0.05, 0.1) is 38.0 Å². The SMILES string of the molecule is CCc1cc(Nc2ncc(Cl)c(Nc3cccc(OC)c3N(C)S(C)(=O)=O)n2)c(OC)cc1N1CCC(N2CCN(CCc3ccc4c(c3)CN(C3CCC(=O)NC3=O)C4=O)CC2)CC1. The lowest BCUT2D eigenvalue weighted by atomic mass is 9.99. The Hall–Kier alpha value is -5.69. The Kier molecular flexibility index (Phi) is 13.7. The first-order chi connectivity index (χ1) is 31.2. The van der Waals surface area contributed by atoms with Crippen molar-refractivity contribution in [2.24, 2.45) is 0 Å². The molecule has 0 spiro atoms. The molecule has 1 aromatic heterocycles. The van der Waals surface area contributed by atoms with Crippen LogP contribution in [0.4, 0.5) is 34.5 Å². The molecule has 0 radical (unpaired) electrons. The van der Waals surface area contributed by atoms with Crippen molar-refractivity contribution in [1.29, 1.82) is 0 Å². The number of aromatic nitrogens is 2. The van der Waals surface area contributed by atoms with Crippen LogP contribution in [-0.4, -0.2) is 136 Å². The van der Waals surface area contributed by atoms with E-state index in [1.165, 1.54) is 31.5 Å². The number of ether oxygens (including phenoxy) is 2. The first kappa shape index (κ1) is 45.9. The van der Waals surface area contributed by atoms with Gasteiger partial charge in [0.1, 0.15) is 28.3 Å². The molecule has 8 rings (SSSR count). The van der Waals surface area contributed by atoms with Gasteiger partial charge in [0, 0.05) is 89.2 Å². The smallest absolute Gasteiger partial charge is 0.255 e. The zero-order valence-corrected chi connectivity index (χ0v) is 39.1. The van der Waals surface area contributed by atoms with Crippen molar-refractivity contribution >= 4 is 73.9 Å². The highest BCUT2D eigenvalue weighted by atomic mass is 35.5. The van der Waals surface area contributed by atoms with E-state index < -0.39 is 16.1 Å². The average Bonchev–Trinajstić information content (AvgIpc) is 3.63. The Bertz CT molecular complexity index is 2570. The standard InChI is InChI=1S/C46H57ClN10O7S/c1-6-30-25-36(50-46-48-27-34(47)43(52-46)49-35-8-7-9-39(63-3)42(35)53(2)65(5,61)62)40(64-4)26-38(30)56-18-15-32(16-19-56)55-22-20-54(21-23-55)17-14-29-10-11-33-31(24-29)28-57(45(33)60)37-12-13-41(58)51-44(37)59/h7-11,24-27,32,37H,6,12-23,28H2,1-5H3,(H,51,58,59)(H2,48,49,50,52). The first-order valence-electron chi connectivity index (χ1n) is 22.1. The normalized spacial score (nSPS) is 18.7. The molecule has 3 saturated heterocycles. The molecule has 19 heteroatoms. The third-order valence-electron chi connectivity index (χ3n) is 13.1. The molecule has 3 amide bonds. The van der Waals surface area contributed by atoms with Crippen LogP contribution in [0.3, 0.4) is 0 Å². The molecule has 0 bridgehead atoms. The molecule has 346 valence electrons. The van der Waals surface area contributed by atoms with Gasteiger partial charge in [0.2, 0.25) is 27.8 Å². The summed E-state index contributed by atoms with van der Waals surface area (Å²) >= 11 is 6.57. The summed E-state index contributed by atoms with van der Waals surface area (Å²) in [5.74, 6) is 0.742. The largest absolute Gasteiger partial charge is 0.494 e. The number of benzene rings is 3. The van der Waals surface area contributed by atoms with E-state index in [0.717, 1.165) is 93.3 Å². The summed E-state index contributed by atoms with van der Waals surface area (Å²) < 4.78 is 37.6. The summed E-state index contributed by atoms with van der Waals surface area (Å²) in [6, 6.07) is 15.3. The summed E-state index contributed by atoms with van der Waals surface area (Å²) in [6.07, 6.45) is 7.04. The van der Waals surface area contributed by atoms with E-state index in [-0.39, 0.29) is 40.9 Å². The predicted octanol–water partition coefficient (Wildman–Crippen LogP) is 5.18. The Balaban J connectivity index is 0.848. The highest BCUT2D eigenvalue weighted by Gasteiger charge is 2.39. The fraction of sp³-hybridized carbons (Fsp3) is 0.457. The van der Waals surface area contributed by atoms with Gasteiger partial charge in [0.15, 0.2) is 5.82 Å². The molecular formula is C46H57ClN10O7S. The second-order valence-corrected chi connectivity index (χ2v) is 19.4. The highest BCUT2D eigenvalue weighted by Crippen LogP contribution is 2.40. The number of anilines is 6. The number of carbonyl (C=O) groups excluding carboxylic acids is 3. The van der Waals surface area contributed by atoms with Gasteiger partial charge in [-0.2, -0.15) is 4.98 Å². The van der Waals surface area contributed by atoms with Crippen LogP contribution < -0.4 is 34.6 Å². The van der Waals surface area contributed by atoms with E-state index >= 15 is 0 Å². The lowest BCUT2D eigenvalue weighted by Crippen LogP contribution is -2.53. The average molecular weight is 930 g/mol. The van der Waals surface area contributed by atoms with Crippen molar-refractivity contribution < 1.29 is 32.3 Å². The van der Waals surface area contributed by atoms with Gasteiger partial charge in [-0.1, -0.05) is 36.7 Å². The van der Waals surface area contributed by atoms with Crippen molar-refractivity contribution in [1.82, 2.24) is 30.0 Å². The van der Waals surface area contributed by atoms with Gasteiger partial charge in [-0.05, 0) is 73.1 Å². The van der Waals surface area contributed by atoms with E-state index in [9.17, 15) is 22.8 Å². The number of halogens is 1. The number of nitrogens with one attached hydrogen (secondary N) is 3. The van der Waals surface area contributed by atoms with Crippen molar-refractivity contribution in [2.75, 3.05) is 93.2 Å². The first-order valence-corrected chi connectivity index (χ1v) is 24.3. The Labute approximate surface area is 385 Å². The summed E-state index contributed by atoms with van der Waals surface area (Å²) in [7, 11) is 0.955. The molecule has 4 aliphatic heterocycles. The van der Waals surface area contributed by atoms with E-state index in [1.807, 2.05) is 12.1 Å². The van der Waals surface area contributed by atoms with E-state index in [1.54, 1.807) is 30.2 Å². The molecule has 0 aliphatic carbocycles. The maximum atomic E-state index is 13.1. The van der Waals surface area contributed by atoms with Gasteiger partial charge >= 0.3 is 0 Å². The van der Waals surface area contributed by atoms with Crippen molar-refractivity contribution in [3.63, 3.8) is 0 Å². The van der Waals surface area contributed by atoms with Crippen molar-refractivity contribution in [3.8, 4) is 11.5 Å². The molecule has 3 N–H and O–H groups in total. The number of imide groups is 1. The minimum Gasteiger partial charge on any atom is -0.494 e. The number of hydrogen-bond acceptors (Lipinski definition) is 14. The summed E-state index contributed by atoms with van der Waals surface area (Å²) in [5.41, 5.74) is 6.54. The van der Waals surface area contributed by atoms with Crippen LogP contribution in [0.1, 0.15) is 59.7 Å². The zero-order chi connectivity index (χ0) is 46.0. The molecular weight excluding hydrogens is 872 g/mol. The minimum atomic E-state index is -3.62. The molecule has 4 aliphatic rings. The third-order valence-corrected chi connectivity index (χ3v) is 14.5. The second-order valence-electron chi connectivity index (χ2n) is 17.0. The van der Waals surface area contributed by atoms with Crippen LogP contribution in [0, 0.1) is 0 Å². The van der Waals surface area contributed by atoms with Crippen LogP contribution >= 0.6 is 11.6 Å². The number of aryl methyl sites for hydroxylation is 1. The second kappa shape index (κ2) is 19.4. The number of rotatable bonds is 15. The number of sulfonamides is 1. The van der Waals surface area contributed by atoms with Gasteiger partial charge in [-0.15, -0.1) is 0 Å². The number of piperazine rings is 1. The summed E-state index contributed by atoms with van der Waals surface area (Å²) in [5, 5.41) is 9.12. The Morgan fingerprint density at radius 1 is 0.923 bits per heavy atom. The maximum absolute atomic E-state index is 13.1. The van der Waals surface area contributed by atoms with E-state index in [4.69, 9.17) is 21.1 Å². The Morgan fingerprint density at radius 2 is 1.68 bits per heavy atom. The molecule has 5 heterocycles. The van der Waals surface area contributed by atoms with Gasteiger partial charge in [-0.25, -0.2) is 13.4 Å². The zero-order valence-electron chi connectivity index (χ0n) is 37.5. The molecule has 65 heavy (non-hydrogen) atoms. The Morgan fingerprint density at radius 3 is 2.37 bits per heavy atom. The number of carbonyl (C=O) groups is 3. The molecule has 3 fully saturated rings. The van der Waals surface area contributed by atoms with Crippen LogP contribution in [0.15, 0.2) is 54.7 Å². The quantitative estimate of drug-likeness (QED) is 0.133. The van der Waals surface area contributed by atoms with Crippen LogP contribution in [-0.2, 0) is 39.0 Å².